The molecular formula is C40H44N2. The second-order valence-electron chi connectivity index (χ2n) is 11.5. The Morgan fingerprint density at radius 1 is 0.405 bits per heavy atom. The SMILES string of the molecule is CCCCCCc1ccc(C=Cc2ccc3nc4cc(C=Cc5ccc(CCCCCC)cc5)ccc4nc3c2)cc1. The maximum absolute atomic E-state index is 4.93. The lowest BCUT2D eigenvalue weighted by Crippen LogP contribution is -1.89. The topological polar surface area (TPSA) is 25.8 Å². The van der Waals surface area contributed by atoms with Gasteiger partial charge in [-0.15, -0.1) is 0 Å². The predicted octanol–water partition coefficient (Wildman–Crippen LogP) is 11.4. The summed E-state index contributed by atoms with van der Waals surface area (Å²) in [7, 11) is 0. The highest BCUT2D eigenvalue weighted by atomic mass is 14.8. The van der Waals surface area contributed by atoms with Gasteiger partial charge in [0.05, 0.1) is 22.1 Å². The number of benzene rings is 4. The minimum atomic E-state index is 0.919. The molecule has 4 aromatic carbocycles. The average Bonchev–Trinajstić information content (AvgIpc) is 3.03. The van der Waals surface area contributed by atoms with Crippen molar-refractivity contribution in [1.29, 1.82) is 0 Å². The molecule has 214 valence electrons. The van der Waals surface area contributed by atoms with Gasteiger partial charge < -0.3 is 0 Å². The van der Waals surface area contributed by atoms with Crippen molar-refractivity contribution < 1.29 is 0 Å². The number of hydrogen-bond acceptors (Lipinski definition) is 2. The van der Waals surface area contributed by atoms with Crippen molar-refractivity contribution in [2.45, 2.75) is 78.1 Å². The zero-order chi connectivity index (χ0) is 29.0. The minimum absolute atomic E-state index is 0.919. The Bertz CT molecular complexity index is 1500. The molecule has 42 heavy (non-hydrogen) atoms. The van der Waals surface area contributed by atoms with Crippen LogP contribution in [-0.4, -0.2) is 9.97 Å². The van der Waals surface area contributed by atoms with Crippen molar-refractivity contribution in [3.63, 3.8) is 0 Å². The number of fused-ring (bicyclic) bond motifs is 2. The Hall–Kier alpha value is -4.04. The van der Waals surface area contributed by atoms with Crippen LogP contribution in [0.1, 0.15) is 98.6 Å². The molecule has 2 heteroatoms. The van der Waals surface area contributed by atoms with E-state index in [1.165, 1.54) is 86.5 Å². The number of aromatic nitrogens is 2. The Morgan fingerprint density at radius 2 is 0.786 bits per heavy atom. The largest absolute Gasteiger partial charge is 0.244 e. The molecule has 0 saturated heterocycles. The van der Waals surface area contributed by atoms with Gasteiger partial charge in [-0.25, -0.2) is 9.97 Å². The first-order chi connectivity index (χ1) is 20.7. The summed E-state index contributed by atoms with van der Waals surface area (Å²) >= 11 is 0. The van der Waals surface area contributed by atoms with E-state index in [-0.39, 0.29) is 0 Å². The van der Waals surface area contributed by atoms with Crippen molar-refractivity contribution in [2.75, 3.05) is 0 Å². The number of rotatable bonds is 14. The molecule has 0 spiro atoms. The van der Waals surface area contributed by atoms with Crippen LogP contribution in [0, 0.1) is 0 Å². The second kappa shape index (κ2) is 15.3. The lowest BCUT2D eigenvalue weighted by atomic mass is 10.0. The van der Waals surface area contributed by atoms with E-state index in [2.05, 4.69) is 123 Å². The molecule has 0 fully saturated rings. The van der Waals surface area contributed by atoms with Crippen molar-refractivity contribution in [3.8, 4) is 0 Å². The molecular weight excluding hydrogens is 508 g/mol. The Kier molecular flexibility index (Phi) is 10.7. The molecule has 0 atom stereocenters. The van der Waals surface area contributed by atoms with Gasteiger partial charge in [-0.1, -0.05) is 137 Å². The molecule has 0 aliphatic rings. The number of hydrogen-bond donors (Lipinski definition) is 0. The van der Waals surface area contributed by atoms with E-state index < -0.39 is 0 Å². The smallest absolute Gasteiger partial charge is 0.0900 e. The Labute approximate surface area is 252 Å². The fourth-order valence-electron chi connectivity index (χ4n) is 5.40. The fourth-order valence-corrected chi connectivity index (χ4v) is 5.40. The number of nitrogens with zero attached hydrogens (tertiary/aromatic N) is 2. The standard InChI is InChI=1S/C40H44N2/c1-3-5-7-9-11-31-13-17-33(18-14-31)21-23-35-25-27-37-39(29-35)41-38-28-26-36(30-40(38)42-37)24-22-34-19-15-32(16-20-34)12-10-8-6-4-2/h13-30H,3-12H2,1-2H3. The third-order valence-corrected chi connectivity index (χ3v) is 8.01. The highest BCUT2D eigenvalue weighted by molar-refractivity contribution is 5.89. The van der Waals surface area contributed by atoms with E-state index in [4.69, 9.17) is 9.97 Å². The van der Waals surface area contributed by atoms with E-state index in [0.717, 1.165) is 33.2 Å². The molecule has 0 aliphatic heterocycles. The maximum atomic E-state index is 4.93. The van der Waals surface area contributed by atoms with Crippen LogP contribution in [0.2, 0.25) is 0 Å². The van der Waals surface area contributed by atoms with Crippen molar-refractivity contribution in [1.82, 2.24) is 9.97 Å². The van der Waals surface area contributed by atoms with Gasteiger partial charge in [-0.05, 0) is 83.3 Å². The number of unbranched alkanes of at least 4 members (excludes halogenated alkanes) is 6. The summed E-state index contributed by atoms with van der Waals surface area (Å²) in [4.78, 5) is 9.86. The summed E-state index contributed by atoms with van der Waals surface area (Å²) in [5.74, 6) is 0. The van der Waals surface area contributed by atoms with E-state index in [1.54, 1.807) is 0 Å². The quantitative estimate of drug-likeness (QED) is 0.0778. The van der Waals surface area contributed by atoms with Gasteiger partial charge >= 0.3 is 0 Å². The highest BCUT2D eigenvalue weighted by Gasteiger charge is 2.04. The summed E-state index contributed by atoms with van der Waals surface area (Å²) in [6.45, 7) is 4.52. The molecule has 0 radical (unpaired) electrons. The van der Waals surface area contributed by atoms with Gasteiger partial charge in [0.25, 0.3) is 0 Å². The molecule has 0 aliphatic carbocycles. The van der Waals surface area contributed by atoms with Crippen LogP contribution in [-0.2, 0) is 12.8 Å². The Morgan fingerprint density at radius 3 is 1.19 bits per heavy atom. The monoisotopic (exact) mass is 552 g/mol. The van der Waals surface area contributed by atoms with Gasteiger partial charge in [0.1, 0.15) is 0 Å². The zero-order valence-corrected chi connectivity index (χ0v) is 25.4. The first-order valence-corrected chi connectivity index (χ1v) is 16.0. The molecule has 1 heterocycles. The predicted molar refractivity (Wildman–Crippen MR) is 183 cm³/mol. The molecule has 0 saturated carbocycles. The van der Waals surface area contributed by atoms with Crippen LogP contribution in [0.25, 0.3) is 46.4 Å². The summed E-state index contributed by atoms with van der Waals surface area (Å²) in [5, 5.41) is 0. The first-order valence-electron chi connectivity index (χ1n) is 16.0. The second-order valence-corrected chi connectivity index (χ2v) is 11.5. The lowest BCUT2D eigenvalue weighted by Gasteiger charge is -2.04. The minimum Gasteiger partial charge on any atom is -0.244 e. The lowest BCUT2D eigenvalue weighted by molar-refractivity contribution is 0.667. The van der Waals surface area contributed by atoms with E-state index in [0.29, 0.717) is 0 Å². The fraction of sp³-hybridized carbons (Fsp3) is 0.300. The van der Waals surface area contributed by atoms with Crippen LogP contribution >= 0.6 is 0 Å². The van der Waals surface area contributed by atoms with Gasteiger partial charge in [0, 0.05) is 0 Å². The van der Waals surface area contributed by atoms with E-state index >= 15 is 0 Å². The highest BCUT2D eigenvalue weighted by Crippen LogP contribution is 2.21. The van der Waals surface area contributed by atoms with Gasteiger partial charge in [-0.2, -0.15) is 0 Å². The van der Waals surface area contributed by atoms with Crippen LogP contribution in [0.15, 0.2) is 84.9 Å². The summed E-state index contributed by atoms with van der Waals surface area (Å²) < 4.78 is 0. The van der Waals surface area contributed by atoms with E-state index in [1.807, 2.05) is 0 Å². The molecule has 0 amide bonds. The molecule has 0 bridgehead atoms. The Balaban J connectivity index is 1.22. The first kappa shape index (κ1) is 29.5. The molecule has 0 unspecified atom stereocenters. The normalized spacial score (nSPS) is 11.9. The third-order valence-electron chi connectivity index (χ3n) is 8.01. The van der Waals surface area contributed by atoms with Gasteiger partial charge in [0.2, 0.25) is 0 Å². The van der Waals surface area contributed by atoms with E-state index in [9.17, 15) is 0 Å². The van der Waals surface area contributed by atoms with Crippen LogP contribution in [0.3, 0.4) is 0 Å². The summed E-state index contributed by atoms with van der Waals surface area (Å²) in [5.41, 5.74) is 11.2. The zero-order valence-electron chi connectivity index (χ0n) is 25.4. The molecule has 5 rings (SSSR count). The molecule has 0 N–H and O–H groups in total. The van der Waals surface area contributed by atoms with Crippen LogP contribution in [0.5, 0.6) is 0 Å². The van der Waals surface area contributed by atoms with Crippen molar-refractivity contribution >= 4 is 46.4 Å². The molecule has 2 nitrogen and oxygen atoms in total. The summed E-state index contributed by atoms with van der Waals surface area (Å²) in [6.07, 6.45) is 21.5. The van der Waals surface area contributed by atoms with Crippen LogP contribution < -0.4 is 0 Å². The van der Waals surface area contributed by atoms with Gasteiger partial charge in [-0.3, -0.25) is 0 Å². The van der Waals surface area contributed by atoms with Gasteiger partial charge in [0.15, 0.2) is 0 Å². The molecule has 1 aromatic heterocycles. The molecule has 5 aromatic rings. The summed E-state index contributed by atoms with van der Waals surface area (Å²) in [6, 6.07) is 30.6. The third kappa shape index (κ3) is 8.49. The average molecular weight is 553 g/mol. The van der Waals surface area contributed by atoms with Crippen LogP contribution in [0.4, 0.5) is 0 Å². The maximum Gasteiger partial charge on any atom is 0.0900 e. The number of aryl methyl sites for hydroxylation is 2. The van der Waals surface area contributed by atoms with Crippen molar-refractivity contribution in [2.24, 2.45) is 0 Å². The van der Waals surface area contributed by atoms with Crippen molar-refractivity contribution in [3.05, 3.63) is 118 Å².